The standard InChI is InChI=1S/C12H14N2O/c1-9-4-3-5-11(6-9)15-8-12-13-7-10(2)14-12/h3-7H,8H2,1-2H3,(H,13,14). The molecule has 0 spiro atoms. The van der Waals surface area contributed by atoms with Crippen LogP contribution in [-0.4, -0.2) is 9.97 Å². The summed E-state index contributed by atoms with van der Waals surface area (Å²) in [6.45, 7) is 4.50. The summed E-state index contributed by atoms with van der Waals surface area (Å²) < 4.78 is 5.59. The molecule has 1 N–H and O–H groups in total. The molecule has 0 saturated heterocycles. The van der Waals surface area contributed by atoms with Crippen LogP contribution < -0.4 is 4.74 Å². The van der Waals surface area contributed by atoms with Gasteiger partial charge in [-0.2, -0.15) is 0 Å². The SMILES string of the molecule is Cc1cccc(OCc2ncc(C)[nH]2)c1. The van der Waals surface area contributed by atoms with Crippen LogP contribution >= 0.6 is 0 Å². The van der Waals surface area contributed by atoms with Gasteiger partial charge in [-0.1, -0.05) is 12.1 Å². The van der Waals surface area contributed by atoms with Crippen LogP contribution in [0.3, 0.4) is 0 Å². The van der Waals surface area contributed by atoms with E-state index in [1.807, 2.05) is 38.1 Å². The van der Waals surface area contributed by atoms with Crippen molar-refractivity contribution in [1.29, 1.82) is 0 Å². The van der Waals surface area contributed by atoms with Crippen molar-refractivity contribution in [2.75, 3.05) is 0 Å². The van der Waals surface area contributed by atoms with Gasteiger partial charge in [-0.25, -0.2) is 4.98 Å². The molecular formula is C12H14N2O. The molecule has 15 heavy (non-hydrogen) atoms. The Morgan fingerprint density at radius 3 is 2.87 bits per heavy atom. The molecule has 3 heteroatoms. The Balaban J connectivity index is 1.99. The van der Waals surface area contributed by atoms with Gasteiger partial charge in [-0.3, -0.25) is 0 Å². The highest BCUT2D eigenvalue weighted by Crippen LogP contribution is 2.13. The number of benzene rings is 1. The lowest BCUT2D eigenvalue weighted by atomic mass is 10.2. The molecule has 2 aromatic rings. The Hall–Kier alpha value is -1.77. The van der Waals surface area contributed by atoms with Crippen LogP contribution in [0.1, 0.15) is 17.1 Å². The summed E-state index contributed by atoms with van der Waals surface area (Å²) in [6, 6.07) is 7.99. The van der Waals surface area contributed by atoms with E-state index in [2.05, 4.69) is 9.97 Å². The first-order chi connectivity index (χ1) is 7.24. The van der Waals surface area contributed by atoms with Crippen molar-refractivity contribution in [2.45, 2.75) is 20.5 Å². The van der Waals surface area contributed by atoms with Crippen molar-refractivity contribution in [3.8, 4) is 5.75 Å². The number of imidazole rings is 1. The lowest BCUT2D eigenvalue weighted by Crippen LogP contribution is -1.97. The summed E-state index contributed by atoms with van der Waals surface area (Å²) in [4.78, 5) is 7.30. The first-order valence-corrected chi connectivity index (χ1v) is 4.94. The van der Waals surface area contributed by atoms with Crippen LogP contribution in [0.4, 0.5) is 0 Å². The van der Waals surface area contributed by atoms with Gasteiger partial charge < -0.3 is 9.72 Å². The second kappa shape index (κ2) is 4.17. The van der Waals surface area contributed by atoms with Crippen molar-refractivity contribution in [3.63, 3.8) is 0 Å². The molecule has 0 amide bonds. The van der Waals surface area contributed by atoms with Crippen molar-refractivity contribution >= 4 is 0 Å². The quantitative estimate of drug-likeness (QED) is 0.830. The fraction of sp³-hybridized carbons (Fsp3) is 0.250. The predicted molar refractivity (Wildman–Crippen MR) is 58.8 cm³/mol. The molecule has 0 unspecified atom stereocenters. The zero-order valence-electron chi connectivity index (χ0n) is 8.95. The van der Waals surface area contributed by atoms with Gasteiger partial charge in [-0.05, 0) is 31.5 Å². The number of H-pyrrole nitrogens is 1. The van der Waals surface area contributed by atoms with E-state index in [1.54, 1.807) is 6.20 Å². The number of aryl methyl sites for hydroxylation is 2. The Morgan fingerprint density at radius 1 is 1.33 bits per heavy atom. The summed E-state index contributed by atoms with van der Waals surface area (Å²) in [6.07, 6.45) is 1.80. The predicted octanol–water partition coefficient (Wildman–Crippen LogP) is 2.61. The van der Waals surface area contributed by atoms with Gasteiger partial charge in [0.2, 0.25) is 0 Å². The van der Waals surface area contributed by atoms with Crippen LogP contribution in [0, 0.1) is 13.8 Å². The highest BCUT2D eigenvalue weighted by molar-refractivity contribution is 5.27. The van der Waals surface area contributed by atoms with Gasteiger partial charge in [0.1, 0.15) is 18.2 Å². The molecule has 1 aromatic carbocycles. The van der Waals surface area contributed by atoms with Crippen LogP contribution in [-0.2, 0) is 6.61 Å². The Labute approximate surface area is 89.1 Å². The van der Waals surface area contributed by atoms with Crippen LogP contribution in [0.15, 0.2) is 30.5 Å². The Morgan fingerprint density at radius 2 is 2.20 bits per heavy atom. The molecular weight excluding hydrogens is 188 g/mol. The van der Waals surface area contributed by atoms with E-state index < -0.39 is 0 Å². The average Bonchev–Trinajstić information content (AvgIpc) is 2.62. The molecule has 0 aliphatic rings. The average molecular weight is 202 g/mol. The minimum absolute atomic E-state index is 0.483. The summed E-state index contributed by atoms with van der Waals surface area (Å²) in [5, 5.41) is 0. The monoisotopic (exact) mass is 202 g/mol. The number of ether oxygens (including phenoxy) is 1. The number of rotatable bonds is 3. The normalized spacial score (nSPS) is 10.3. The topological polar surface area (TPSA) is 37.9 Å². The van der Waals surface area contributed by atoms with E-state index in [0.29, 0.717) is 6.61 Å². The molecule has 0 bridgehead atoms. The third-order valence-electron chi connectivity index (χ3n) is 2.12. The molecule has 1 heterocycles. The minimum Gasteiger partial charge on any atom is -0.486 e. The lowest BCUT2D eigenvalue weighted by molar-refractivity contribution is 0.297. The third-order valence-corrected chi connectivity index (χ3v) is 2.12. The molecule has 2 rings (SSSR count). The zero-order valence-corrected chi connectivity index (χ0v) is 8.95. The number of aromatic amines is 1. The van der Waals surface area contributed by atoms with Crippen LogP contribution in [0.25, 0.3) is 0 Å². The molecule has 78 valence electrons. The smallest absolute Gasteiger partial charge is 0.146 e. The number of aromatic nitrogens is 2. The fourth-order valence-electron chi connectivity index (χ4n) is 1.40. The summed E-state index contributed by atoms with van der Waals surface area (Å²) >= 11 is 0. The van der Waals surface area contributed by atoms with Gasteiger partial charge >= 0.3 is 0 Å². The van der Waals surface area contributed by atoms with E-state index >= 15 is 0 Å². The number of hydrogen-bond acceptors (Lipinski definition) is 2. The van der Waals surface area contributed by atoms with Gasteiger partial charge in [0.25, 0.3) is 0 Å². The van der Waals surface area contributed by atoms with Gasteiger partial charge in [0, 0.05) is 11.9 Å². The molecule has 0 saturated carbocycles. The van der Waals surface area contributed by atoms with Gasteiger partial charge in [0.15, 0.2) is 0 Å². The maximum Gasteiger partial charge on any atom is 0.146 e. The number of hydrogen-bond donors (Lipinski definition) is 1. The summed E-state index contributed by atoms with van der Waals surface area (Å²) in [5.74, 6) is 1.73. The van der Waals surface area contributed by atoms with E-state index in [9.17, 15) is 0 Å². The molecule has 1 aromatic heterocycles. The second-order valence-corrected chi connectivity index (χ2v) is 3.62. The number of nitrogens with zero attached hydrogens (tertiary/aromatic N) is 1. The molecule has 0 fully saturated rings. The van der Waals surface area contributed by atoms with E-state index in [4.69, 9.17) is 4.74 Å². The van der Waals surface area contributed by atoms with Crippen molar-refractivity contribution in [3.05, 3.63) is 47.5 Å². The van der Waals surface area contributed by atoms with Crippen LogP contribution in [0.2, 0.25) is 0 Å². The summed E-state index contributed by atoms with van der Waals surface area (Å²) in [5.41, 5.74) is 2.25. The van der Waals surface area contributed by atoms with Crippen molar-refractivity contribution in [1.82, 2.24) is 9.97 Å². The van der Waals surface area contributed by atoms with E-state index in [-0.39, 0.29) is 0 Å². The Bertz CT molecular complexity index is 448. The maximum absolute atomic E-state index is 5.59. The molecule has 0 aliphatic carbocycles. The fourth-order valence-corrected chi connectivity index (χ4v) is 1.40. The maximum atomic E-state index is 5.59. The van der Waals surface area contributed by atoms with Crippen molar-refractivity contribution in [2.24, 2.45) is 0 Å². The molecule has 0 radical (unpaired) electrons. The van der Waals surface area contributed by atoms with Gasteiger partial charge in [0.05, 0.1) is 0 Å². The third kappa shape index (κ3) is 2.59. The highest BCUT2D eigenvalue weighted by Gasteiger charge is 1.98. The first-order valence-electron chi connectivity index (χ1n) is 4.94. The number of nitrogens with one attached hydrogen (secondary N) is 1. The zero-order chi connectivity index (χ0) is 10.7. The largest absolute Gasteiger partial charge is 0.486 e. The van der Waals surface area contributed by atoms with E-state index in [0.717, 1.165) is 17.3 Å². The molecule has 3 nitrogen and oxygen atoms in total. The van der Waals surface area contributed by atoms with Gasteiger partial charge in [-0.15, -0.1) is 0 Å². The van der Waals surface area contributed by atoms with E-state index in [1.165, 1.54) is 5.56 Å². The van der Waals surface area contributed by atoms with Crippen LogP contribution in [0.5, 0.6) is 5.75 Å². The van der Waals surface area contributed by atoms with Crippen molar-refractivity contribution < 1.29 is 4.74 Å². The second-order valence-electron chi connectivity index (χ2n) is 3.62. The molecule has 0 atom stereocenters. The molecule has 0 aliphatic heterocycles. The minimum atomic E-state index is 0.483. The lowest BCUT2D eigenvalue weighted by Gasteiger charge is -2.04. The Kier molecular flexibility index (Phi) is 2.72. The highest BCUT2D eigenvalue weighted by atomic mass is 16.5. The summed E-state index contributed by atoms with van der Waals surface area (Å²) in [7, 11) is 0. The first kappa shape index (κ1) is 9.77.